The molecule has 2 aromatic rings. The lowest BCUT2D eigenvalue weighted by molar-refractivity contribution is 1.75. The summed E-state index contributed by atoms with van der Waals surface area (Å²) in [5.74, 6) is 0. The summed E-state index contributed by atoms with van der Waals surface area (Å²) in [7, 11) is -0.701. The largest absolute Gasteiger partial charge is 0.428 e. The molecular weight excluding hydrogens is 305 g/mol. The summed E-state index contributed by atoms with van der Waals surface area (Å²) in [6.45, 7) is 10.2. The minimum Gasteiger partial charge on any atom is -0.428 e. The minimum absolute atomic E-state index is 1.000. The van der Waals surface area contributed by atoms with Crippen LogP contribution >= 0.6 is 0 Å². The molecule has 20 heavy (non-hydrogen) atoms. The van der Waals surface area contributed by atoms with Crippen molar-refractivity contribution in [2.24, 2.45) is 0 Å². The lowest BCUT2D eigenvalue weighted by atomic mass is 10.4. The van der Waals surface area contributed by atoms with Crippen LogP contribution in [0, 0.1) is 0 Å². The van der Waals surface area contributed by atoms with Gasteiger partial charge in [0.05, 0.1) is 0 Å². The average molecular weight is 325 g/mol. The Labute approximate surface area is 128 Å². The van der Waals surface area contributed by atoms with Crippen molar-refractivity contribution in [1.29, 1.82) is 0 Å². The van der Waals surface area contributed by atoms with E-state index in [4.69, 9.17) is 0 Å². The molecule has 0 aliphatic carbocycles. The molecule has 0 N–H and O–H groups in total. The lowest BCUT2D eigenvalue weighted by Gasteiger charge is -2.52. The average Bonchev–Trinajstić information content (AvgIpc) is 2.37. The molecule has 0 amide bonds. The molecule has 0 unspecified atom stereocenters. The van der Waals surface area contributed by atoms with Gasteiger partial charge in [0, 0.05) is 0 Å². The van der Waals surface area contributed by atoms with Crippen LogP contribution in [-0.4, -0.2) is 33.3 Å². The van der Waals surface area contributed by atoms with Crippen molar-refractivity contribution in [3.8, 4) is 0 Å². The van der Waals surface area contributed by atoms with Gasteiger partial charge in [0.25, 0.3) is 0 Å². The van der Waals surface area contributed by atoms with Crippen LogP contribution in [0.4, 0.5) is 0 Å². The predicted molar refractivity (Wildman–Crippen MR) is 97.9 cm³/mol. The Morgan fingerprint density at radius 3 is 1.35 bits per heavy atom. The molecule has 1 aliphatic heterocycles. The van der Waals surface area contributed by atoms with E-state index in [2.05, 4.69) is 74.7 Å². The zero-order valence-corrected chi connectivity index (χ0v) is 16.6. The second kappa shape index (κ2) is 4.94. The molecule has 0 nitrogen and oxygen atoms in total. The lowest BCUT2D eigenvalue weighted by Crippen LogP contribution is -2.70. The maximum absolute atomic E-state index is 2.55. The third-order valence-electron chi connectivity index (χ3n) is 4.10. The van der Waals surface area contributed by atoms with Crippen LogP contribution in [0.3, 0.4) is 0 Å². The molecule has 0 saturated carbocycles. The number of benzene rings is 2. The first-order valence-electron chi connectivity index (χ1n) is 7.15. The van der Waals surface area contributed by atoms with Gasteiger partial charge in [-0.1, -0.05) is 89.9 Å². The number of fused-ring (bicyclic) bond motifs is 2. The Morgan fingerprint density at radius 2 is 0.950 bits per heavy atom. The van der Waals surface area contributed by atoms with E-state index in [1.165, 1.54) is 0 Å². The van der Waals surface area contributed by atoms with Gasteiger partial charge in [-0.25, -0.2) is 10.4 Å². The Balaban J connectivity index is 2.22. The monoisotopic (exact) mass is 324 g/mol. The van der Waals surface area contributed by atoms with Gasteiger partial charge in [0.1, 0.15) is 0 Å². The molecule has 0 atom stereocenters. The molecule has 0 saturated heterocycles. The van der Waals surface area contributed by atoms with E-state index in [1.807, 2.05) is 0 Å². The summed E-state index contributed by atoms with van der Waals surface area (Å²) >= 11 is 0. The maximum atomic E-state index is 2.55. The first-order chi connectivity index (χ1) is 9.40. The van der Waals surface area contributed by atoms with E-state index in [0.29, 0.717) is 0 Å². The number of hydrogen-bond donors (Lipinski definition) is 0. The fourth-order valence-electron chi connectivity index (χ4n) is 3.08. The van der Waals surface area contributed by atoms with E-state index in [0.717, 1.165) is 18.1 Å². The molecule has 0 aromatic heterocycles. The SMILES string of the molecule is C[Si]1(C)[Si-]c2ccccc2[Si](C)(C)[Si-]c2ccccc21. The third kappa shape index (κ3) is 2.45. The summed E-state index contributed by atoms with van der Waals surface area (Å²) in [5, 5.41) is 6.77. The molecule has 4 heteroatoms. The molecule has 0 fully saturated rings. The van der Waals surface area contributed by atoms with E-state index in [-0.39, 0.29) is 0 Å². The van der Waals surface area contributed by atoms with Gasteiger partial charge in [0.15, 0.2) is 0 Å². The normalized spacial score (nSPS) is 18.6. The highest BCUT2D eigenvalue weighted by molar-refractivity contribution is 7.41. The Kier molecular flexibility index (Phi) is 3.52. The summed E-state index contributed by atoms with van der Waals surface area (Å²) < 4.78 is 0. The van der Waals surface area contributed by atoms with Crippen molar-refractivity contribution in [1.82, 2.24) is 0 Å². The topological polar surface area (TPSA) is 0 Å². The fourth-order valence-corrected chi connectivity index (χ4v) is 19.2. The molecule has 102 valence electrons. The summed E-state index contributed by atoms with van der Waals surface area (Å²) in [5.41, 5.74) is 0. The summed E-state index contributed by atoms with van der Waals surface area (Å²) in [6, 6.07) is 18.6. The van der Waals surface area contributed by atoms with E-state index in [9.17, 15) is 0 Å². The molecule has 0 bridgehead atoms. The third-order valence-corrected chi connectivity index (χ3v) is 17.8. The van der Waals surface area contributed by atoms with Crippen molar-refractivity contribution in [3.63, 3.8) is 0 Å². The molecule has 0 spiro atoms. The first-order valence-corrected chi connectivity index (χ1v) is 17.2. The van der Waals surface area contributed by atoms with Gasteiger partial charge >= 0.3 is 0 Å². The number of hydrogen-bond acceptors (Lipinski definition) is 0. The summed E-state index contributed by atoms with van der Waals surface area (Å²) in [4.78, 5) is 0. The highest BCUT2D eigenvalue weighted by atomic mass is 29.2. The smallest absolute Gasteiger partial charge is 0.0627 e. The van der Waals surface area contributed by atoms with E-state index >= 15 is 0 Å². The van der Waals surface area contributed by atoms with Gasteiger partial charge in [-0.15, -0.1) is 10.4 Å². The van der Waals surface area contributed by atoms with Gasteiger partial charge in [-0.2, -0.15) is 0 Å². The second-order valence-corrected chi connectivity index (χ2v) is 24.7. The molecule has 3 rings (SSSR count). The zero-order chi connectivity index (χ0) is 14.4. The van der Waals surface area contributed by atoms with Gasteiger partial charge < -0.3 is 18.1 Å². The van der Waals surface area contributed by atoms with Gasteiger partial charge in [0.2, 0.25) is 0 Å². The minimum atomic E-state index is -1.35. The van der Waals surface area contributed by atoms with Crippen molar-refractivity contribution in [3.05, 3.63) is 48.5 Å². The van der Waals surface area contributed by atoms with Crippen LogP contribution in [0.5, 0.6) is 0 Å². The van der Waals surface area contributed by atoms with Crippen molar-refractivity contribution < 1.29 is 0 Å². The second-order valence-electron chi connectivity index (χ2n) is 6.59. The van der Waals surface area contributed by atoms with E-state index < -0.39 is 15.2 Å². The Hall–Kier alpha value is -0.692. The van der Waals surface area contributed by atoms with Crippen LogP contribution in [0.2, 0.25) is 26.2 Å². The quantitative estimate of drug-likeness (QED) is 0.631. The molecule has 2 aromatic carbocycles. The zero-order valence-electron chi connectivity index (χ0n) is 12.6. The standard InChI is InChI=1S/C16H20Si4/c1-19(2)15-11-7-5-9-13(15)18-20(3,4)16-12-8-6-10-14(16)17-19/h5-12H,1-4H3/q-2. The maximum Gasteiger partial charge on any atom is -0.0627 e. The van der Waals surface area contributed by atoms with Crippen molar-refractivity contribution >= 4 is 54.0 Å². The molecule has 2 radical (unpaired) electrons. The van der Waals surface area contributed by atoms with Gasteiger partial charge in [-0.3, -0.25) is 0 Å². The Bertz CT molecular complexity index is 589. The highest BCUT2D eigenvalue weighted by Crippen LogP contribution is 2.08. The summed E-state index contributed by atoms with van der Waals surface area (Å²) in [6.07, 6.45) is 0. The van der Waals surface area contributed by atoms with Crippen LogP contribution in [0.25, 0.3) is 0 Å². The molecular formula is C16H20Si4-2. The van der Waals surface area contributed by atoms with Crippen LogP contribution in [0.1, 0.15) is 0 Å². The molecule has 1 heterocycles. The first kappa shape index (κ1) is 14.3. The fraction of sp³-hybridized carbons (Fsp3) is 0.250. The molecule has 1 aliphatic rings. The predicted octanol–water partition coefficient (Wildman–Crippen LogP) is 0.884. The van der Waals surface area contributed by atoms with E-state index in [1.54, 1.807) is 20.7 Å². The number of rotatable bonds is 0. The highest BCUT2D eigenvalue weighted by Gasteiger charge is 2.20. The van der Waals surface area contributed by atoms with Crippen molar-refractivity contribution in [2.75, 3.05) is 0 Å². The van der Waals surface area contributed by atoms with Crippen LogP contribution in [0.15, 0.2) is 48.5 Å². The Morgan fingerprint density at radius 1 is 0.600 bits per heavy atom. The van der Waals surface area contributed by atoms with Gasteiger partial charge in [-0.05, 0) is 0 Å². The van der Waals surface area contributed by atoms with Crippen LogP contribution < -0.4 is 20.7 Å². The van der Waals surface area contributed by atoms with Crippen molar-refractivity contribution in [2.45, 2.75) is 26.2 Å². The van der Waals surface area contributed by atoms with Crippen LogP contribution in [-0.2, 0) is 0 Å².